The van der Waals surface area contributed by atoms with Crippen LogP contribution in [0.15, 0.2) is 36.5 Å². The zero-order valence-electron chi connectivity index (χ0n) is 35.9. The Morgan fingerprint density at radius 3 is 1.56 bits per heavy atom. The average molecular weight is 783 g/mol. The SMILES string of the molecule is CCCCCCC/C=C\C/C=C\C/C=C\CCCCCCCCC(=O)NC(COP(=O)([O-])OCC[N+](C)(C)C)C(O)CCCCCCCCCCCCC. The first-order chi connectivity index (χ1) is 26.0. The highest BCUT2D eigenvalue weighted by molar-refractivity contribution is 7.45. The van der Waals surface area contributed by atoms with E-state index in [1.54, 1.807) is 0 Å². The number of unbranched alkanes of at least 4 members (excludes halogenated alkanes) is 21. The highest BCUT2D eigenvalue weighted by Gasteiger charge is 2.24. The van der Waals surface area contributed by atoms with Crippen molar-refractivity contribution in [3.63, 3.8) is 0 Å². The molecule has 2 N–H and O–H groups in total. The van der Waals surface area contributed by atoms with E-state index < -0.39 is 20.0 Å². The number of rotatable bonds is 40. The third-order valence-corrected chi connectivity index (χ3v) is 10.8. The maximum atomic E-state index is 12.9. The first-order valence-electron chi connectivity index (χ1n) is 22.3. The van der Waals surface area contributed by atoms with Crippen LogP contribution in [-0.4, -0.2) is 68.5 Å². The molecule has 0 saturated heterocycles. The summed E-state index contributed by atoms with van der Waals surface area (Å²) in [6.07, 6.45) is 44.3. The van der Waals surface area contributed by atoms with Crippen LogP contribution in [0, 0.1) is 0 Å². The number of allylic oxidation sites excluding steroid dienone is 6. The van der Waals surface area contributed by atoms with E-state index in [0.29, 0.717) is 23.9 Å². The first kappa shape index (κ1) is 52.7. The van der Waals surface area contributed by atoms with Gasteiger partial charge >= 0.3 is 0 Å². The first-order valence-corrected chi connectivity index (χ1v) is 23.8. The number of phosphoric ester groups is 1. The number of nitrogens with one attached hydrogen (secondary N) is 1. The minimum absolute atomic E-state index is 0.00847. The topological polar surface area (TPSA) is 108 Å². The van der Waals surface area contributed by atoms with E-state index in [0.717, 1.165) is 64.2 Å². The van der Waals surface area contributed by atoms with Gasteiger partial charge in [0.15, 0.2) is 0 Å². The van der Waals surface area contributed by atoms with Gasteiger partial charge in [-0.25, -0.2) is 0 Å². The molecular weight excluding hydrogens is 695 g/mol. The van der Waals surface area contributed by atoms with Gasteiger partial charge in [-0.05, 0) is 51.4 Å². The standard InChI is InChI=1S/C45H87N2O6P/c1-6-8-10-12-14-16-18-19-20-21-22-23-24-25-26-27-29-31-33-35-37-39-45(49)46-43(42-53-54(50,51)52-41-40-47(3,4)5)44(48)38-36-34-32-30-28-17-15-13-11-9-7-2/h18-19,21-22,24-25,43-44,48H,6-17,20,23,26-42H2,1-5H3,(H-,46,49,50,51)/b19-18-,22-21-,25-24-. The van der Waals surface area contributed by atoms with Crippen LogP contribution in [0.2, 0.25) is 0 Å². The van der Waals surface area contributed by atoms with Gasteiger partial charge in [0, 0.05) is 6.42 Å². The van der Waals surface area contributed by atoms with Crippen LogP contribution in [0.5, 0.6) is 0 Å². The van der Waals surface area contributed by atoms with E-state index in [-0.39, 0.29) is 19.1 Å². The summed E-state index contributed by atoms with van der Waals surface area (Å²) in [7, 11) is 1.29. The van der Waals surface area contributed by atoms with Crippen molar-refractivity contribution in [2.45, 2.75) is 206 Å². The Morgan fingerprint density at radius 1 is 0.648 bits per heavy atom. The van der Waals surface area contributed by atoms with Gasteiger partial charge < -0.3 is 28.8 Å². The molecule has 318 valence electrons. The Balaban J connectivity index is 4.33. The summed E-state index contributed by atoms with van der Waals surface area (Å²) in [6, 6.07) is -0.805. The molecule has 0 rings (SSSR count). The molecule has 0 aliphatic rings. The molecular formula is C45H87N2O6P. The van der Waals surface area contributed by atoms with Crippen LogP contribution in [-0.2, 0) is 18.4 Å². The zero-order valence-corrected chi connectivity index (χ0v) is 36.8. The van der Waals surface area contributed by atoms with E-state index in [4.69, 9.17) is 9.05 Å². The predicted molar refractivity (Wildman–Crippen MR) is 228 cm³/mol. The van der Waals surface area contributed by atoms with Crippen LogP contribution in [0.1, 0.15) is 194 Å². The lowest BCUT2D eigenvalue weighted by atomic mass is 10.0. The van der Waals surface area contributed by atoms with Crippen molar-refractivity contribution in [2.75, 3.05) is 40.9 Å². The average Bonchev–Trinajstić information content (AvgIpc) is 3.12. The second-order valence-corrected chi connectivity index (χ2v) is 17.8. The van der Waals surface area contributed by atoms with Crippen LogP contribution in [0.3, 0.4) is 0 Å². The van der Waals surface area contributed by atoms with Gasteiger partial charge in [-0.3, -0.25) is 9.36 Å². The van der Waals surface area contributed by atoms with Crippen molar-refractivity contribution in [2.24, 2.45) is 0 Å². The Morgan fingerprint density at radius 2 is 1.07 bits per heavy atom. The molecule has 9 heteroatoms. The van der Waals surface area contributed by atoms with Crippen molar-refractivity contribution in [3.8, 4) is 0 Å². The van der Waals surface area contributed by atoms with E-state index in [1.807, 2.05) is 21.1 Å². The number of nitrogens with zero attached hydrogens (tertiary/aromatic N) is 1. The molecule has 0 aromatic heterocycles. The maximum Gasteiger partial charge on any atom is 0.268 e. The van der Waals surface area contributed by atoms with Crippen LogP contribution in [0.25, 0.3) is 0 Å². The van der Waals surface area contributed by atoms with Gasteiger partial charge in [0.25, 0.3) is 7.82 Å². The number of carbonyl (C=O) groups is 1. The fraction of sp³-hybridized carbons (Fsp3) is 0.844. The quantitative estimate of drug-likeness (QED) is 0.0277. The molecule has 3 atom stereocenters. The molecule has 0 aromatic rings. The Kier molecular flexibility index (Phi) is 36.4. The molecule has 8 nitrogen and oxygen atoms in total. The molecule has 0 aliphatic carbocycles. The van der Waals surface area contributed by atoms with Gasteiger partial charge in [0.05, 0.1) is 39.9 Å². The van der Waals surface area contributed by atoms with E-state index >= 15 is 0 Å². The van der Waals surface area contributed by atoms with Crippen LogP contribution < -0.4 is 10.2 Å². The van der Waals surface area contributed by atoms with Crippen molar-refractivity contribution >= 4 is 13.7 Å². The van der Waals surface area contributed by atoms with Gasteiger partial charge in [-0.1, -0.05) is 172 Å². The lowest BCUT2D eigenvalue weighted by Gasteiger charge is -2.30. The number of amides is 1. The summed E-state index contributed by atoms with van der Waals surface area (Å²) in [5, 5.41) is 13.9. The van der Waals surface area contributed by atoms with Gasteiger partial charge in [-0.2, -0.15) is 0 Å². The summed E-state index contributed by atoms with van der Waals surface area (Å²) < 4.78 is 23.2. The summed E-state index contributed by atoms with van der Waals surface area (Å²) >= 11 is 0. The second-order valence-electron chi connectivity index (χ2n) is 16.4. The number of phosphoric acid groups is 1. The van der Waals surface area contributed by atoms with Crippen molar-refractivity contribution in [3.05, 3.63) is 36.5 Å². The number of aliphatic hydroxyl groups is 1. The number of hydrogen-bond acceptors (Lipinski definition) is 6. The number of aliphatic hydroxyl groups excluding tert-OH is 1. The Bertz CT molecular complexity index is 980. The molecule has 0 heterocycles. The molecule has 3 unspecified atom stereocenters. The molecule has 54 heavy (non-hydrogen) atoms. The monoisotopic (exact) mass is 783 g/mol. The minimum atomic E-state index is -4.56. The number of carbonyl (C=O) groups excluding carboxylic acids is 1. The van der Waals surface area contributed by atoms with Crippen LogP contribution in [0.4, 0.5) is 0 Å². The fourth-order valence-electron chi connectivity index (χ4n) is 6.28. The molecule has 1 amide bonds. The lowest BCUT2D eigenvalue weighted by Crippen LogP contribution is -2.46. The van der Waals surface area contributed by atoms with E-state index in [1.165, 1.54) is 103 Å². The molecule has 0 saturated carbocycles. The number of likely N-dealkylation sites (N-methyl/N-ethyl adjacent to an activating group) is 1. The second kappa shape index (κ2) is 37.3. The molecule has 0 aliphatic heterocycles. The van der Waals surface area contributed by atoms with Gasteiger partial charge in [-0.15, -0.1) is 0 Å². The number of quaternary nitrogens is 1. The summed E-state index contributed by atoms with van der Waals surface area (Å²) in [5.41, 5.74) is 0. The van der Waals surface area contributed by atoms with Gasteiger partial charge in [0.2, 0.25) is 5.91 Å². The highest BCUT2D eigenvalue weighted by atomic mass is 31.2. The van der Waals surface area contributed by atoms with Crippen molar-refractivity contribution < 1.29 is 32.9 Å². The maximum absolute atomic E-state index is 12.9. The van der Waals surface area contributed by atoms with Crippen LogP contribution >= 0.6 is 7.82 Å². The molecule has 0 spiro atoms. The Labute approximate surface area is 334 Å². The summed E-state index contributed by atoms with van der Waals surface area (Å²) in [6.45, 7) is 4.68. The third kappa shape index (κ3) is 39.0. The third-order valence-electron chi connectivity index (χ3n) is 9.88. The van der Waals surface area contributed by atoms with E-state index in [9.17, 15) is 19.4 Å². The normalized spacial score (nSPS) is 14.7. The molecule has 0 bridgehead atoms. The smallest absolute Gasteiger partial charge is 0.268 e. The van der Waals surface area contributed by atoms with E-state index in [2.05, 4.69) is 55.6 Å². The Hall–Kier alpha value is -1.28. The summed E-state index contributed by atoms with van der Waals surface area (Å²) in [5.74, 6) is -0.179. The lowest BCUT2D eigenvalue weighted by molar-refractivity contribution is -0.870. The summed E-state index contributed by atoms with van der Waals surface area (Å²) in [4.78, 5) is 25.3. The molecule has 0 aromatic carbocycles. The van der Waals surface area contributed by atoms with Gasteiger partial charge in [0.1, 0.15) is 13.2 Å². The molecule has 0 fully saturated rings. The zero-order chi connectivity index (χ0) is 40.0. The molecule has 0 radical (unpaired) electrons. The van der Waals surface area contributed by atoms with Crippen molar-refractivity contribution in [1.29, 1.82) is 0 Å². The van der Waals surface area contributed by atoms with Crippen molar-refractivity contribution in [1.82, 2.24) is 5.32 Å². The minimum Gasteiger partial charge on any atom is -0.756 e. The largest absolute Gasteiger partial charge is 0.756 e. The fourth-order valence-corrected chi connectivity index (χ4v) is 7.00. The highest BCUT2D eigenvalue weighted by Crippen LogP contribution is 2.38. The number of hydrogen-bond donors (Lipinski definition) is 2. The predicted octanol–water partition coefficient (Wildman–Crippen LogP) is 11.7.